The van der Waals surface area contributed by atoms with E-state index in [2.05, 4.69) is 135 Å². The number of rotatable bonds is 7. The molecule has 160 valence electrons. The van der Waals surface area contributed by atoms with Gasteiger partial charge in [-0.15, -0.1) is 0 Å². The van der Waals surface area contributed by atoms with Crippen LogP contribution < -0.4 is 4.90 Å². The van der Waals surface area contributed by atoms with Crippen molar-refractivity contribution in [2.45, 2.75) is 33.6 Å². The lowest BCUT2D eigenvalue weighted by Gasteiger charge is -2.29. The van der Waals surface area contributed by atoms with Gasteiger partial charge in [0.2, 0.25) is 0 Å². The third-order valence-corrected chi connectivity index (χ3v) is 6.03. The maximum absolute atomic E-state index is 2.36. The average molecular weight is 418 g/mol. The van der Waals surface area contributed by atoms with Gasteiger partial charge < -0.3 is 4.90 Å². The quantitative estimate of drug-likeness (QED) is 0.292. The molecule has 0 radical (unpaired) electrons. The molecule has 0 atom stereocenters. The largest absolute Gasteiger partial charge is 0.314 e. The Bertz CT molecular complexity index is 1070. The van der Waals surface area contributed by atoms with Crippen LogP contribution >= 0.6 is 0 Å². The maximum atomic E-state index is 2.36. The SMILES string of the molecule is CCc1ccc(C(=C(C)N(c2ccccc2)c2ccccc2)c2ccc(CC)cc2)cc1. The molecular formula is C31H31N. The molecule has 0 saturated carbocycles. The van der Waals surface area contributed by atoms with E-state index in [-0.39, 0.29) is 0 Å². The third kappa shape index (κ3) is 4.68. The summed E-state index contributed by atoms with van der Waals surface area (Å²) in [5.74, 6) is 0. The van der Waals surface area contributed by atoms with Crippen LogP contribution in [-0.4, -0.2) is 0 Å². The van der Waals surface area contributed by atoms with Crippen LogP contribution in [-0.2, 0) is 12.8 Å². The molecule has 1 nitrogen and oxygen atoms in total. The number of hydrogen-bond acceptors (Lipinski definition) is 1. The summed E-state index contributed by atoms with van der Waals surface area (Å²) in [6, 6.07) is 39.3. The number of aryl methyl sites for hydroxylation is 2. The van der Waals surface area contributed by atoms with Crippen LogP contribution in [0.2, 0.25) is 0 Å². The predicted molar refractivity (Wildman–Crippen MR) is 138 cm³/mol. The van der Waals surface area contributed by atoms with Gasteiger partial charge in [0.1, 0.15) is 0 Å². The van der Waals surface area contributed by atoms with E-state index in [1.807, 2.05) is 0 Å². The second kappa shape index (κ2) is 10.2. The average Bonchev–Trinajstić information content (AvgIpc) is 2.86. The molecule has 4 aromatic carbocycles. The zero-order chi connectivity index (χ0) is 22.3. The molecule has 0 spiro atoms. The highest BCUT2D eigenvalue weighted by molar-refractivity contribution is 5.87. The van der Waals surface area contributed by atoms with Gasteiger partial charge in [-0.3, -0.25) is 0 Å². The van der Waals surface area contributed by atoms with E-state index in [0.29, 0.717) is 0 Å². The molecule has 4 aromatic rings. The van der Waals surface area contributed by atoms with E-state index < -0.39 is 0 Å². The van der Waals surface area contributed by atoms with Crippen LogP contribution in [0.15, 0.2) is 115 Å². The first kappa shape index (κ1) is 21.6. The van der Waals surface area contributed by atoms with Gasteiger partial charge in [0, 0.05) is 22.6 Å². The maximum Gasteiger partial charge on any atom is 0.0458 e. The van der Waals surface area contributed by atoms with Crippen molar-refractivity contribution in [2.24, 2.45) is 0 Å². The van der Waals surface area contributed by atoms with Crippen LogP contribution in [0, 0.1) is 0 Å². The smallest absolute Gasteiger partial charge is 0.0458 e. The molecule has 1 heteroatoms. The van der Waals surface area contributed by atoms with Gasteiger partial charge in [-0.2, -0.15) is 0 Å². The molecule has 0 aliphatic carbocycles. The lowest BCUT2D eigenvalue weighted by Crippen LogP contribution is -2.16. The van der Waals surface area contributed by atoms with Gasteiger partial charge in [0.05, 0.1) is 0 Å². The van der Waals surface area contributed by atoms with Gasteiger partial charge in [-0.1, -0.05) is 98.8 Å². The monoisotopic (exact) mass is 417 g/mol. The summed E-state index contributed by atoms with van der Waals surface area (Å²) in [5.41, 5.74) is 9.96. The number of allylic oxidation sites excluding steroid dienone is 1. The predicted octanol–water partition coefficient (Wildman–Crippen LogP) is 8.43. The molecule has 0 heterocycles. The van der Waals surface area contributed by atoms with E-state index in [1.54, 1.807) is 0 Å². The summed E-state index contributed by atoms with van der Waals surface area (Å²) in [6.45, 7) is 6.64. The van der Waals surface area contributed by atoms with Crippen LogP contribution in [0.4, 0.5) is 11.4 Å². The number of hydrogen-bond donors (Lipinski definition) is 0. The fraction of sp³-hybridized carbons (Fsp3) is 0.161. The molecular weight excluding hydrogens is 386 g/mol. The Morgan fingerprint density at radius 1 is 0.531 bits per heavy atom. The van der Waals surface area contributed by atoms with Crippen LogP contribution in [0.25, 0.3) is 5.57 Å². The van der Waals surface area contributed by atoms with Gasteiger partial charge in [0.25, 0.3) is 0 Å². The minimum Gasteiger partial charge on any atom is -0.314 e. The Kier molecular flexibility index (Phi) is 6.87. The number of para-hydroxylation sites is 2. The Labute approximate surface area is 192 Å². The first-order valence-electron chi connectivity index (χ1n) is 11.5. The van der Waals surface area contributed by atoms with Crippen molar-refractivity contribution in [1.29, 1.82) is 0 Å². The fourth-order valence-corrected chi connectivity index (χ4v) is 4.20. The molecule has 0 bridgehead atoms. The van der Waals surface area contributed by atoms with Gasteiger partial charge in [-0.25, -0.2) is 0 Å². The highest BCUT2D eigenvalue weighted by atomic mass is 15.1. The molecule has 0 aliphatic heterocycles. The van der Waals surface area contributed by atoms with Crippen LogP contribution in [0.3, 0.4) is 0 Å². The van der Waals surface area contributed by atoms with Crippen molar-refractivity contribution in [1.82, 2.24) is 0 Å². The summed E-state index contributed by atoms with van der Waals surface area (Å²) in [4.78, 5) is 2.36. The van der Waals surface area contributed by atoms with E-state index in [4.69, 9.17) is 0 Å². The summed E-state index contributed by atoms with van der Waals surface area (Å²) in [7, 11) is 0. The normalized spacial score (nSPS) is 10.6. The molecule has 32 heavy (non-hydrogen) atoms. The second-order valence-corrected chi connectivity index (χ2v) is 8.07. The minimum absolute atomic E-state index is 1.05. The van der Waals surface area contributed by atoms with E-state index in [0.717, 1.165) is 24.2 Å². The third-order valence-electron chi connectivity index (χ3n) is 6.03. The summed E-state index contributed by atoms with van der Waals surface area (Å²) in [6.07, 6.45) is 2.09. The fourth-order valence-electron chi connectivity index (χ4n) is 4.20. The van der Waals surface area contributed by atoms with Gasteiger partial charge >= 0.3 is 0 Å². The van der Waals surface area contributed by atoms with Crippen molar-refractivity contribution in [3.8, 4) is 0 Å². The zero-order valence-corrected chi connectivity index (χ0v) is 19.3. The van der Waals surface area contributed by atoms with E-state index in [9.17, 15) is 0 Å². The van der Waals surface area contributed by atoms with Crippen LogP contribution in [0.1, 0.15) is 43.0 Å². The van der Waals surface area contributed by atoms with Crippen molar-refractivity contribution in [3.63, 3.8) is 0 Å². The lowest BCUT2D eigenvalue weighted by molar-refractivity contribution is 1.13. The highest BCUT2D eigenvalue weighted by Gasteiger charge is 2.18. The standard InChI is InChI=1S/C31H31N/c1-4-25-16-20-27(21-17-25)31(28-22-18-26(5-2)19-23-28)24(3)32(29-12-8-6-9-13-29)30-14-10-7-11-15-30/h6-23H,4-5H2,1-3H3. The molecule has 0 saturated heterocycles. The number of anilines is 2. The Morgan fingerprint density at radius 3 is 1.25 bits per heavy atom. The minimum atomic E-state index is 1.05. The Balaban J connectivity index is 1.95. The molecule has 0 fully saturated rings. The number of nitrogens with zero attached hydrogens (tertiary/aromatic N) is 1. The molecule has 0 amide bonds. The van der Waals surface area contributed by atoms with Crippen LogP contribution in [0.5, 0.6) is 0 Å². The van der Waals surface area contributed by atoms with E-state index in [1.165, 1.54) is 33.5 Å². The topological polar surface area (TPSA) is 3.24 Å². The molecule has 0 N–H and O–H groups in total. The van der Waals surface area contributed by atoms with Gasteiger partial charge in [0.15, 0.2) is 0 Å². The molecule has 0 aromatic heterocycles. The summed E-state index contributed by atoms with van der Waals surface area (Å²) in [5, 5.41) is 0. The number of benzene rings is 4. The van der Waals surface area contributed by atoms with Crippen molar-refractivity contribution in [2.75, 3.05) is 4.90 Å². The van der Waals surface area contributed by atoms with Gasteiger partial charge in [-0.05, 0) is 66.3 Å². The van der Waals surface area contributed by atoms with Crippen molar-refractivity contribution >= 4 is 16.9 Å². The van der Waals surface area contributed by atoms with Crippen molar-refractivity contribution in [3.05, 3.63) is 137 Å². The Hall–Kier alpha value is -3.58. The molecule has 0 aliphatic rings. The molecule has 4 rings (SSSR count). The zero-order valence-electron chi connectivity index (χ0n) is 19.3. The highest BCUT2D eigenvalue weighted by Crippen LogP contribution is 2.36. The summed E-state index contributed by atoms with van der Waals surface area (Å²) >= 11 is 0. The molecule has 0 unspecified atom stereocenters. The first-order valence-corrected chi connectivity index (χ1v) is 11.5. The first-order chi connectivity index (χ1) is 15.7. The summed E-state index contributed by atoms with van der Waals surface area (Å²) < 4.78 is 0. The van der Waals surface area contributed by atoms with E-state index >= 15 is 0 Å². The second-order valence-electron chi connectivity index (χ2n) is 8.07. The van der Waals surface area contributed by atoms with Crippen molar-refractivity contribution < 1.29 is 0 Å². The lowest BCUT2D eigenvalue weighted by atomic mass is 9.93. The Morgan fingerprint density at radius 2 is 0.906 bits per heavy atom.